The monoisotopic (exact) mass is 350 g/mol. The third-order valence-corrected chi connectivity index (χ3v) is 4.97. The van der Waals surface area contributed by atoms with Gasteiger partial charge in [0.1, 0.15) is 5.82 Å². The minimum atomic E-state index is -0.265. The topological polar surface area (TPSA) is 90.9 Å². The van der Waals surface area contributed by atoms with E-state index in [1.807, 2.05) is 42.5 Å². The van der Waals surface area contributed by atoms with Gasteiger partial charge in [-0.3, -0.25) is 9.78 Å². The quantitative estimate of drug-likeness (QED) is 0.637. The highest BCUT2D eigenvalue weighted by Crippen LogP contribution is 2.37. The molecule has 1 aliphatic rings. The van der Waals surface area contributed by atoms with Crippen molar-refractivity contribution in [3.05, 3.63) is 60.2 Å². The van der Waals surface area contributed by atoms with Gasteiger partial charge in [0.05, 0.1) is 28.9 Å². The third kappa shape index (κ3) is 3.60. The molecule has 1 aromatic carbocycles. The van der Waals surface area contributed by atoms with Gasteiger partial charge in [-0.25, -0.2) is 4.98 Å². The van der Waals surface area contributed by atoms with Crippen molar-refractivity contribution in [2.45, 2.75) is 37.8 Å². The molecule has 1 aliphatic carbocycles. The number of hydrogen-bond donors (Lipinski definition) is 3. The predicted octanol–water partition coefficient (Wildman–Crippen LogP) is 2.52. The Morgan fingerprint density at radius 1 is 1.23 bits per heavy atom. The molecular weight excluding hydrogens is 328 g/mol. The number of amides is 1. The minimum Gasteiger partial charge on any atom is -0.393 e. The molecule has 0 unspecified atom stereocenters. The first-order chi connectivity index (χ1) is 12.7. The van der Waals surface area contributed by atoms with Crippen molar-refractivity contribution in [1.82, 2.24) is 20.3 Å². The normalized spacial score (nSPS) is 20.5. The van der Waals surface area contributed by atoms with Gasteiger partial charge < -0.3 is 15.4 Å². The number of rotatable bonds is 6. The summed E-state index contributed by atoms with van der Waals surface area (Å²) < 4.78 is 0. The lowest BCUT2D eigenvalue weighted by molar-refractivity contribution is -0.123. The molecule has 2 aromatic heterocycles. The molecule has 134 valence electrons. The van der Waals surface area contributed by atoms with E-state index in [1.165, 1.54) is 0 Å². The Balaban J connectivity index is 1.40. The molecule has 0 aliphatic heterocycles. The molecule has 1 amide bonds. The lowest BCUT2D eigenvalue weighted by Gasteiger charge is -2.37. The molecule has 6 nitrogen and oxygen atoms in total. The molecule has 0 spiro atoms. The highest BCUT2D eigenvalue weighted by Gasteiger charge is 2.36. The van der Waals surface area contributed by atoms with E-state index in [0.717, 1.165) is 22.6 Å². The summed E-state index contributed by atoms with van der Waals surface area (Å²) in [5, 5.41) is 12.7. The maximum Gasteiger partial charge on any atom is 0.220 e. The molecule has 4 rings (SSSR count). The maximum absolute atomic E-state index is 12.5. The van der Waals surface area contributed by atoms with E-state index in [1.54, 1.807) is 6.20 Å². The second-order valence-electron chi connectivity index (χ2n) is 6.89. The number of aromatic amines is 1. The summed E-state index contributed by atoms with van der Waals surface area (Å²) in [6.45, 7) is 0. The number of aliphatic hydroxyl groups is 1. The van der Waals surface area contributed by atoms with E-state index in [4.69, 9.17) is 0 Å². The molecule has 2 heterocycles. The zero-order valence-corrected chi connectivity index (χ0v) is 14.4. The van der Waals surface area contributed by atoms with E-state index >= 15 is 0 Å². The number of carbonyl (C=O) groups is 1. The lowest BCUT2D eigenvalue weighted by atomic mass is 9.76. The van der Waals surface area contributed by atoms with Crippen LogP contribution in [0.15, 0.2) is 48.7 Å². The van der Waals surface area contributed by atoms with Crippen molar-refractivity contribution in [2.75, 3.05) is 0 Å². The maximum atomic E-state index is 12.5. The number of aromatic nitrogens is 3. The van der Waals surface area contributed by atoms with E-state index in [-0.39, 0.29) is 24.0 Å². The number of aryl methyl sites for hydroxylation is 1. The van der Waals surface area contributed by atoms with Crippen LogP contribution in [0.1, 0.15) is 36.8 Å². The van der Waals surface area contributed by atoms with Crippen LogP contribution in [-0.2, 0) is 11.2 Å². The molecule has 0 radical (unpaired) electrons. The summed E-state index contributed by atoms with van der Waals surface area (Å²) in [4.78, 5) is 24.7. The van der Waals surface area contributed by atoms with E-state index in [0.29, 0.717) is 25.7 Å². The van der Waals surface area contributed by atoms with Crippen molar-refractivity contribution >= 4 is 16.9 Å². The molecule has 26 heavy (non-hydrogen) atoms. The number of para-hydroxylation sites is 2. The van der Waals surface area contributed by atoms with Crippen molar-refractivity contribution in [3.63, 3.8) is 0 Å². The summed E-state index contributed by atoms with van der Waals surface area (Å²) in [7, 11) is 0. The number of H-pyrrole nitrogens is 1. The molecule has 1 fully saturated rings. The Morgan fingerprint density at radius 2 is 2.04 bits per heavy atom. The molecule has 6 heteroatoms. The van der Waals surface area contributed by atoms with Crippen molar-refractivity contribution in [2.24, 2.45) is 5.92 Å². The number of pyridine rings is 1. The number of imidazole rings is 1. The SMILES string of the molecule is O=C(CCc1nc2ccccc2[nH]1)N[C@H](c1ccccn1)C1CC(O)C1. The van der Waals surface area contributed by atoms with Gasteiger partial charge in [0, 0.05) is 19.0 Å². The summed E-state index contributed by atoms with van der Waals surface area (Å²) in [5.74, 6) is 1.02. The number of carbonyl (C=O) groups excluding carboxylic acids is 1. The molecule has 3 N–H and O–H groups in total. The smallest absolute Gasteiger partial charge is 0.220 e. The Hall–Kier alpha value is -2.73. The number of aliphatic hydroxyl groups excluding tert-OH is 1. The van der Waals surface area contributed by atoms with Gasteiger partial charge in [-0.1, -0.05) is 18.2 Å². The number of nitrogens with zero attached hydrogens (tertiary/aromatic N) is 2. The number of benzene rings is 1. The predicted molar refractivity (Wildman–Crippen MR) is 98.3 cm³/mol. The Morgan fingerprint density at radius 3 is 2.77 bits per heavy atom. The zero-order chi connectivity index (χ0) is 17.9. The first-order valence-electron chi connectivity index (χ1n) is 9.01. The second kappa shape index (κ2) is 7.25. The summed E-state index contributed by atoms with van der Waals surface area (Å²) in [6, 6.07) is 13.4. The van der Waals surface area contributed by atoms with Gasteiger partial charge in [-0.05, 0) is 43.0 Å². The van der Waals surface area contributed by atoms with Crippen LogP contribution < -0.4 is 5.32 Å². The molecular formula is C20H22N4O2. The first kappa shape index (κ1) is 16.7. The van der Waals surface area contributed by atoms with Crippen LogP contribution in [-0.4, -0.2) is 32.1 Å². The number of hydrogen-bond acceptors (Lipinski definition) is 4. The summed E-state index contributed by atoms with van der Waals surface area (Å²) >= 11 is 0. The molecule has 1 saturated carbocycles. The molecule has 0 saturated heterocycles. The standard InChI is InChI=1S/C20H22N4O2/c25-14-11-13(12-14)20(17-7-3-4-10-21-17)24-19(26)9-8-18-22-15-5-1-2-6-16(15)23-18/h1-7,10,13-14,20,25H,8-9,11-12H2,(H,22,23)(H,24,26)/t13?,14?,20-/m0/s1. The fraction of sp³-hybridized carbons (Fsp3) is 0.350. The van der Waals surface area contributed by atoms with Gasteiger partial charge in [-0.15, -0.1) is 0 Å². The highest BCUT2D eigenvalue weighted by molar-refractivity contribution is 5.77. The van der Waals surface area contributed by atoms with Crippen molar-refractivity contribution in [3.8, 4) is 0 Å². The number of nitrogens with one attached hydrogen (secondary N) is 2. The Kier molecular flexibility index (Phi) is 4.67. The fourth-order valence-electron chi connectivity index (χ4n) is 3.50. The lowest BCUT2D eigenvalue weighted by Crippen LogP contribution is -2.41. The average Bonchev–Trinajstić information content (AvgIpc) is 3.06. The minimum absolute atomic E-state index is 0.0255. The van der Waals surface area contributed by atoms with Crippen LogP contribution in [0.2, 0.25) is 0 Å². The number of fused-ring (bicyclic) bond motifs is 1. The largest absolute Gasteiger partial charge is 0.393 e. The average molecular weight is 350 g/mol. The second-order valence-corrected chi connectivity index (χ2v) is 6.89. The van der Waals surface area contributed by atoms with Crippen molar-refractivity contribution in [1.29, 1.82) is 0 Å². The van der Waals surface area contributed by atoms with E-state index in [9.17, 15) is 9.90 Å². The van der Waals surface area contributed by atoms with Crippen LogP contribution in [0.5, 0.6) is 0 Å². The summed E-state index contributed by atoms with van der Waals surface area (Å²) in [6.07, 6.45) is 3.79. The molecule has 3 aromatic rings. The van der Waals surface area contributed by atoms with Crippen LogP contribution in [0, 0.1) is 5.92 Å². The fourth-order valence-corrected chi connectivity index (χ4v) is 3.50. The van der Waals surface area contributed by atoms with Gasteiger partial charge in [0.2, 0.25) is 5.91 Å². The molecule has 0 bridgehead atoms. The van der Waals surface area contributed by atoms with Crippen LogP contribution >= 0.6 is 0 Å². The van der Waals surface area contributed by atoms with Crippen molar-refractivity contribution < 1.29 is 9.90 Å². The summed E-state index contributed by atoms with van der Waals surface area (Å²) in [5.41, 5.74) is 2.75. The first-order valence-corrected chi connectivity index (χ1v) is 9.01. The zero-order valence-electron chi connectivity index (χ0n) is 14.4. The Bertz CT molecular complexity index is 854. The van der Waals surface area contributed by atoms with Gasteiger partial charge >= 0.3 is 0 Å². The third-order valence-electron chi connectivity index (χ3n) is 4.97. The van der Waals surface area contributed by atoms with Gasteiger partial charge in [-0.2, -0.15) is 0 Å². The van der Waals surface area contributed by atoms with Crippen LogP contribution in [0.3, 0.4) is 0 Å². The van der Waals surface area contributed by atoms with Gasteiger partial charge in [0.15, 0.2) is 0 Å². The van der Waals surface area contributed by atoms with Crippen LogP contribution in [0.4, 0.5) is 0 Å². The molecule has 1 atom stereocenters. The van der Waals surface area contributed by atoms with E-state index in [2.05, 4.69) is 20.3 Å². The van der Waals surface area contributed by atoms with Crippen LogP contribution in [0.25, 0.3) is 11.0 Å². The highest BCUT2D eigenvalue weighted by atomic mass is 16.3. The Labute approximate surface area is 151 Å². The van der Waals surface area contributed by atoms with Gasteiger partial charge in [0.25, 0.3) is 0 Å². The van der Waals surface area contributed by atoms with E-state index < -0.39 is 0 Å².